The van der Waals surface area contributed by atoms with Crippen LogP contribution >= 0.6 is 23.2 Å². The van der Waals surface area contributed by atoms with E-state index < -0.39 is 0 Å². The van der Waals surface area contributed by atoms with Gasteiger partial charge in [0.05, 0.1) is 10.6 Å². The van der Waals surface area contributed by atoms with Crippen molar-refractivity contribution in [2.45, 2.75) is 31.7 Å². The normalized spacial score (nSPS) is 19.5. The first-order valence-corrected chi connectivity index (χ1v) is 7.40. The summed E-state index contributed by atoms with van der Waals surface area (Å²) >= 11 is 11.9. The van der Waals surface area contributed by atoms with Crippen LogP contribution in [0.15, 0.2) is 18.2 Å². The number of likely N-dealkylation sites (tertiary alicyclic amines) is 1. The second-order valence-electron chi connectivity index (χ2n) is 4.79. The number of nitrogens with zero attached hydrogens (tertiary/aromatic N) is 1. The lowest BCUT2D eigenvalue weighted by molar-refractivity contribution is 0.0609. The lowest BCUT2D eigenvalue weighted by atomic mass is 9.98. The first-order valence-electron chi connectivity index (χ1n) is 6.49. The standard InChI is InChI=1S/C14H17Cl2NO2/c15-7-6-10-3-1-2-8-17(10)14(19)12-9-11(18)4-5-13(12)16/h4-5,9-10,18H,1-3,6-8H2. The predicted octanol–water partition coefficient (Wildman–Crippen LogP) is 3.67. The summed E-state index contributed by atoms with van der Waals surface area (Å²) in [6.07, 6.45) is 3.90. The second-order valence-corrected chi connectivity index (χ2v) is 5.58. The molecule has 2 rings (SSSR count). The summed E-state index contributed by atoms with van der Waals surface area (Å²) in [5.41, 5.74) is 0.364. The lowest BCUT2D eigenvalue weighted by Crippen LogP contribution is -2.44. The molecule has 1 fully saturated rings. The number of carbonyl (C=O) groups excluding carboxylic acids is 1. The van der Waals surface area contributed by atoms with E-state index in [-0.39, 0.29) is 17.7 Å². The summed E-state index contributed by atoms with van der Waals surface area (Å²) < 4.78 is 0. The molecule has 1 saturated heterocycles. The molecule has 1 unspecified atom stereocenters. The molecule has 0 bridgehead atoms. The number of amides is 1. The van der Waals surface area contributed by atoms with Gasteiger partial charge in [-0.2, -0.15) is 0 Å². The van der Waals surface area contributed by atoms with E-state index in [0.717, 1.165) is 32.2 Å². The molecule has 1 amide bonds. The first-order chi connectivity index (χ1) is 9.13. The maximum Gasteiger partial charge on any atom is 0.255 e. The number of hydrogen-bond donors (Lipinski definition) is 1. The molecule has 0 aliphatic carbocycles. The number of benzene rings is 1. The third-order valence-corrected chi connectivity index (χ3v) is 4.06. The number of alkyl halides is 1. The number of halogens is 2. The number of phenols is 1. The fourth-order valence-corrected chi connectivity index (χ4v) is 2.98. The molecular formula is C14H17Cl2NO2. The highest BCUT2D eigenvalue weighted by Gasteiger charge is 2.28. The Hall–Kier alpha value is -0.930. The minimum Gasteiger partial charge on any atom is -0.508 e. The summed E-state index contributed by atoms with van der Waals surface area (Å²) in [6, 6.07) is 4.63. The predicted molar refractivity (Wildman–Crippen MR) is 77.1 cm³/mol. The van der Waals surface area contributed by atoms with Gasteiger partial charge in [0.25, 0.3) is 5.91 Å². The first kappa shape index (κ1) is 14.5. The van der Waals surface area contributed by atoms with Crippen molar-refractivity contribution in [3.8, 4) is 5.75 Å². The fourth-order valence-electron chi connectivity index (χ4n) is 2.53. The summed E-state index contributed by atoms with van der Waals surface area (Å²) in [7, 11) is 0. The molecule has 0 saturated carbocycles. The second kappa shape index (κ2) is 6.49. The van der Waals surface area contributed by atoms with E-state index in [1.54, 1.807) is 6.07 Å². The topological polar surface area (TPSA) is 40.5 Å². The van der Waals surface area contributed by atoms with Gasteiger partial charge in [0, 0.05) is 18.5 Å². The van der Waals surface area contributed by atoms with Crippen LogP contribution in [-0.4, -0.2) is 34.4 Å². The van der Waals surface area contributed by atoms with Crippen molar-refractivity contribution in [1.82, 2.24) is 4.90 Å². The van der Waals surface area contributed by atoms with Gasteiger partial charge in [-0.15, -0.1) is 11.6 Å². The minimum atomic E-state index is -0.115. The van der Waals surface area contributed by atoms with Crippen LogP contribution < -0.4 is 0 Å². The molecule has 3 nitrogen and oxygen atoms in total. The van der Waals surface area contributed by atoms with Gasteiger partial charge >= 0.3 is 0 Å². The number of piperidine rings is 1. The highest BCUT2D eigenvalue weighted by Crippen LogP contribution is 2.27. The van der Waals surface area contributed by atoms with Crippen molar-refractivity contribution in [2.24, 2.45) is 0 Å². The van der Waals surface area contributed by atoms with Gasteiger partial charge in [0.1, 0.15) is 5.75 Å². The van der Waals surface area contributed by atoms with Crippen molar-refractivity contribution in [1.29, 1.82) is 0 Å². The molecule has 104 valence electrons. The number of rotatable bonds is 3. The van der Waals surface area contributed by atoms with E-state index >= 15 is 0 Å². The number of aromatic hydroxyl groups is 1. The molecule has 1 aliphatic heterocycles. The zero-order valence-corrected chi connectivity index (χ0v) is 12.1. The van der Waals surface area contributed by atoms with Crippen LogP contribution in [0.5, 0.6) is 5.75 Å². The number of hydrogen-bond acceptors (Lipinski definition) is 2. The Morgan fingerprint density at radius 2 is 2.21 bits per heavy atom. The smallest absolute Gasteiger partial charge is 0.255 e. The number of carbonyl (C=O) groups is 1. The quantitative estimate of drug-likeness (QED) is 0.865. The Balaban J connectivity index is 2.23. The zero-order chi connectivity index (χ0) is 13.8. The van der Waals surface area contributed by atoms with Crippen molar-refractivity contribution in [3.05, 3.63) is 28.8 Å². The monoisotopic (exact) mass is 301 g/mol. The fraction of sp³-hybridized carbons (Fsp3) is 0.500. The summed E-state index contributed by atoms with van der Waals surface area (Å²) in [5, 5.41) is 9.88. The van der Waals surface area contributed by atoms with Crippen LogP contribution in [0, 0.1) is 0 Å². The summed E-state index contributed by atoms with van der Waals surface area (Å²) in [5.74, 6) is 0.483. The molecule has 1 aromatic carbocycles. The maximum absolute atomic E-state index is 12.5. The largest absolute Gasteiger partial charge is 0.508 e. The average Bonchev–Trinajstić information content (AvgIpc) is 2.42. The molecule has 19 heavy (non-hydrogen) atoms. The molecule has 1 aliphatic rings. The van der Waals surface area contributed by atoms with Crippen molar-refractivity contribution < 1.29 is 9.90 Å². The summed E-state index contributed by atoms with van der Waals surface area (Å²) in [4.78, 5) is 14.4. The SMILES string of the molecule is O=C(c1cc(O)ccc1Cl)N1CCCCC1CCCl. The highest BCUT2D eigenvalue weighted by atomic mass is 35.5. The van der Waals surface area contributed by atoms with Gasteiger partial charge in [-0.05, 0) is 43.9 Å². The van der Waals surface area contributed by atoms with E-state index in [1.807, 2.05) is 4.90 Å². The van der Waals surface area contributed by atoms with E-state index in [1.165, 1.54) is 12.1 Å². The van der Waals surface area contributed by atoms with Crippen LogP contribution in [0.1, 0.15) is 36.0 Å². The third kappa shape index (κ3) is 3.34. The van der Waals surface area contributed by atoms with Gasteiger partial charge in [-0.1, -0.05) is 11.6 Å². The molecule has 0 spiro atoms. The van der Waals surface area contributed by atoms with Crippen LogP contribution in [0.4, 0.5) is 0 Å². The number of phenolic OH excluding ortho intramolecular Hbond substituents is 1. The van der Waals surface area contributed by atoms with Crippen LogP contribution in [-0.2, 0) is 0 Å². The molecule has 1 aromatic rings. The average molecular weight is 302 g/mol. The Bertz CT molecular complexity index is 463. The van der Waals surface area contributed by atoms with Crippen molar-refractivity contribution in [3.63, 3.8) is 0 Å². The molecule has 0 radical (unpaired) electrons. The molecule has 1 heterocycles. The Labute approximate surface area is 123 Å². The Morgan fingerprint density at radius 1 is 1.42 bits per heavy atom. The van der Waals surface area contributed by atoms with Crippen LogP contribution in [0.25, 0.3) is 0 Å². The minimum absolute atomic E-state index is 0.0543. The third-order valence-electron chi connectivity index (χ3n) is 3.51. The van der Waals surface area contributed by atoms with Gasteiger partial charge in [-0.3, -0.25) is 4.79 Å². The Morgan fingerprint density at radius 3 is 2.95 bits per heavy atom. The van der Waals surface area contributed by atoms with E-state index in [9.17, 15) is 9.90 Å². The summed E-state index contributed by atoms with van der Waals surface area (Å²) in [6.45, 7) is 0.729. The van der Waals surface area contributed by atoms with Gasteiger partial charge in [0.2, 0.25) is 0 Å². The van der Waals surface area contributed by atoms with Gasteiger partial charge < -0.3 is 10.0 Å². The van der Waals surface area contributed by atoms with Crippen LogP contribution in [0.3, 0.4) is 0 Å². The molecule has 5 heteroatoms. The van der Waals surface area contributed by atoms with E-state index in [0.29, 0.717) is 16.5 Å². The highest BCUT2D eigenvalue weighted by molar-refractivity contribution is 6.33. The van der Waals surface area contributed by atoms with Gasteiger partial charge in [0.15, 0.2) is 0 Å². The Kier molecular flexibility index (Phi) is 4.94. The molecule has 0 aromatic heterocycles. The van der Waals surface area contributed by atoms with E-state index in [2.05, 4.69) is 0 Å². The van der Waals surface area contributed by atoms with Crippen molar-refractivity contribution >= 4 is 29.1 Å². The van der Waals surface area contributed by atoms with Crippen LogP contribution in [0.2, 0.25) is 5.02 Å². The molecule has 1 atom stereocenters. The van der Waals surface area contributed by atoms with Gasteiger partial charge in [-0.25, -0.2) is 0 Å². The zero-order valence-electron chi connectivity index (χ0n) is 10.6. The van der Waals surface area contributed by atoms with Crippen molar-refractivity contribution in [2.75, 3.05) is 12.4 Å². The lowest BCUT2D eigenvalue weighted by Gasteiger charge is -2.35. The van der Waals surface area contributed by atoms with E-state index in [4.69, 9.17) is 23.2 Å². The molecular weight excluding hydrogens is 285 g/mol. The maximum atomic E-state index is 12.5. The molecule has 1 N–H and O–H groups in total.